The van der Waals surface area contributed by atoms with E-state index in [2.05, 4.69) is 14.9 Å². The molecular weight excluding hydrogens is 488 g/mol. The van der Waals surface area contributed by atoms with Crippen LogP contribution in [0, 0.1) is 5.41 Å². The molecular formula is C26H31F2N3O6. The normalized spacial score (nSPS) is 14.1. The van der Waals surface area contributed by atoms with E-state index in [1.165, 1.54) is 42.3 Å². The molecule has 0 spiro atoms. The van der Waals surface area contributed by atoms with Gasteiger partial charge < -0.3 is 19.1 Å². The highest BCUT2D eigenvalue weighted by atomic mass is 19.3. The second-order valence-electron chi connectivity index (χ2n) is 10.8. The third-order valence-electron chi connectivity index (χ3n) is 4.96. The molecule has 37 heavy (non-hydrogen) atoms. The lowest BCUT2D eigenvalue weighted by Gasteiger charge is -2.29. The Kier molecular flexibility index (Phi) is 7.39. The molecule has 0 radical (unpaired) electrons. The zero-order valence-electron chi connectivity index (χ0n) is 21.8. The highest BCUT2D eigenvalue weighted by Crippen LogP contribution is 2.42. The largest absolute Gasteiger partial charge is 0.586 e. The molecule has 1 aliphatic rings. The van der Waals surface area contributed by atoms with Gasteiger partial charge in [-0.15, -0.1) is 8.78 Å². The van der Waals surface area contributed by atoms with E-state index in [0.29, 0.717) is 0 Å². The maximum absolute atomic E-state index is 13.4. The summed E-state index contributed by atoms with van der Waals surface area (Å²) in [5, 5.41) is 1.05. The van der Waals surface area contributed by atoms with Crippen molar-refractivity contribution in [3.05, 3.63) is 48.0 Å². The van der Waals surface area contributed by atoms with Gasteiger partial charge in [0.15, 0.2) is 11.5 Å². The third kappa shape index (κ3) is 7.31. The van der Waals surface area contributed by atoms with Crippen molar-refractivity contribution < 1.29 is 37.4 Å². The highest BCUT2D eigenvalue weighted by Gasteiger charge is 2.43. The number of hydrogen-bond donors (Lipinski definition) is 1. The Balaban J connectivity index is 1.88. The van der Waals surface area contributed by atoms with E-state index in [-0.39, 0.29) is 40.3 Å². The molecule has 200 valence electrons. The number of rotatable bonds is 4. The van der Waals surface area contributed by atoms with Crippen LogP contribution in [0.1, 0.15) is 58.3 Å². The van der Waals surface area contributed by atoms with E-state index in [1.54, 1.807) is 32.9 Å². The highest BCUT2D eigenvalue weighted by molar-refractivity contribution is 6.07. The number of anilines is 2. The lowest BCUT2D eigenvalue weighted by Crippen LogP contribution is -2.49. The fraction of sp³-hybridized carbons (Fsp3) is 0.423. The molecule has 3 amide bonds. The fourth-order valence-corrected chi connectivity index (χ4v) is 3.43. The van der Waals surface area contributed by atoms with Crippen molar-refractivity contribution in [2.75, 3.05) is 17.0 Å². The van der Waals surface area contributed by atoms with Gasteiger partial charge in [-0.3, -0.25) is 9.59 Å². The number of amides is 3. The van der Waals surface area contributed by atoms with Crippen LogP contribution in [0.4, 0.5) is 25.0 Å². The summed E-state index contributed by atoms with van der Waals surface area (Å²) in [6.45, 7) is 10.7. The summed E-state index contributed by atoms with van der Waals surface area (Å²) in [5.41, 5.74) is 2.00. The molecule has 1 heterocycles. The Bertz CT molecular complexity index is 1200. The Labute approximate surface area is 214 Å². The van der Waals surface area contributed by atoms with Gasteiger partial charge in [-0.2, -0.15) is 0 Å². The van der Waals surface area contributed by atoms with E-state index in [9.17, 15) is 23.2 Å². The van der Waals surface area contributed by atoms with E-state index in [0.717, 1.165) is 5.01 Å². The lowest BCUT2D eigenvalue weighted by atomic mass is 9.92. The first kappa shape index (κ1) is 27.7. The summed E-state index contributed by atoms with van der Waals surface area (Å²) < 4.78 is 40.9. The quantitative estimate of drug-likeness (QED) is 0.537. The number of benzene rings is 2. The SMILES string of the molecule is CN(C(=O)c1cccc(N(NC(=O)OC(C)(C)C)C(=O)CC(C)(C)C)c1)c1ccc2c(c1)OC(F)(F)O2. The van der Waals surface area contributed by atoms with Gasteiger partial charge in [0.25, 0.3) is 5.91 Å². The molecule has 11 heteroatoms. The molecule has 9 nitrogen and oxygen atoms in total. The Morgan fingerprint density at radius 1 is 0.946 bits per heavy atom. The van der Waals surface area contributed by atoms with Crippen molar-refractivity contribution >= 4 is 29.3 Å². The predicted molar refractivity (Wildman–Crippen MR) is 133 cm³/mol. The molecule has 0 atom stereocenters. The van der Waals surface area contributed by atoms with Crippen molar-refractivity contribution in [2.45, 2.75) is 59.9 Å². The van der Waals surface area contributed by atoms with Gasteiger partial charge in [0.2, 0.25) is 5.91 Å². The van der Waals surface area contributed by atoms with Gasteiger partial charge in [0.05, 0.1) is 5.69 Å². The maximum atomic E-state index is 13.4. The number of ether oxygens (including phenoxy) is 3. The van der Waals surface area contributed by atoms with E-state index in [4.69, 9.17) is 4.74 Å². The van der Waals surface area contributed by atoms with Gasteiger partial charge in [-0.05, 0) is 56.5 Å². The van der Waals surface area contributed by atoms with E-state index >= 15 is 0 Å². The molecule has 0 saturated carbocycles. The Hall–Kier alpha value is -3.89. The number of fused-ring (bicyclic) bond motifs is 1. The van der Waals surface area contributed by atoms with Crippen LogP contribution in [-0.4, -0.2) is 36.9 Å². The topological polar surface area (TPSA) is 97.4 Å². The minimum Gasteiger partial charge on any atom is -0.443 e. The summed E-state index contributed by atoms with van der Waals surface area (Å²) in [5.74, 6) is -1.24. The first-order valence-electron chi connectivity index (χ1n) is 11.5. The first-order valence-corrected chi connectivity index (χ1v) is 11.5. The average molecular weight is 520 g/mol. The second kappa shape index (κ2) is 9.87. The summed E-state index contributed by atoms with van der Waals surface area (Å²) in [7, 11) is 1.46. The molecule has 2 aromatic rings. The zero-order chi connectivity index (χ0) is 27.8. The van der Waals surface area contributed by atoms with Crippen LogP contribution in [0.15, 0.2) is 42.5 Å². The average Bonchev–Trinajstić information content (AvgIpc) is 3.07. The van der Waals surface area contributed by atoms with Gasteiger partial charge in [0, 0.05) is 30.8 Å². The molecule has 2 aromatic carbocycles. The molecule has 0 aromatic heterocycles. The van der Waals surface area contributed by atoms with Crippen LogP contribution in [0.25, 0.3) is 0 Å². The molecule has 0 bridgehead atoms. The predicted octanol–water partition coefficient (Wildman–Crippen LogP) is 5.49. The smallest absolute Gasteiger partial charge is 0.443 e. The van der Waals surface area contributed by atoms with Crippen molar-refractivity contribution in [1.29, 1.82) is 0 Å². The van der Waals surface area contributed by atoms with Crippen molar-refractivity contribution in [3.63, 3.8) is 0 Å². The number of nitrogens with one attached hydrogen (secondary N) is 1. The third-order valence-corrected chi connectivity index (χ3v) is 4.96. The van der Waals surface area contributed by atoms with Crippen LogP contribution < -0.4 is 24.8 Å². The molecule has 1 N–H and O–H groups in total. The van der Waals surface area contributed by atoms with Crippen molar-refractivity contribution in [2.24, 2.45) is 5.41 Å². The number of hydrazine groups is 1. The minimum absolute atomic E-state index is 0.0999. The number of nitrogens with zero attached hydrogens (tertiary/aromatic N) is 2. The van der Waals surface area contributed by atoms with E-state index < -0.39 is 29.8 Å². The van der Waals surface area contributed by atoms with Crippen LogP contribution in [0.5, 0.6) is 11.5 Å². The number of halogens is 2. The molecule has 1 aliphatic heterocycles. The minimum atomic E-state index is -3.78. The second-order valence-corrected chi connectivity index (χ2v) is 10.8. The summed E-state index contributed by atoms with van der Waals surface area (Å²) in [6, 6.07) is 10.1. The van der Waals surface area contributed by atoms with Crippen LogP contribution in [0.3, 0.4) is 0 Å². The van der Waals surface area contributed by atoms with Crippen molar-refractivity contribution in [1.82, 2.24) is 5.43 Å². The van der Waals surface area contributed by atoms with E-state index in [1.807, 2.05) is 20.8 Å². The van der Waals surface area contributed by atoms with Crippen molar-refractivity contribution in [3.8, 4) is 11.5 Å². The van der Waals surface area contributed by atoms with Gasteiger partial charge >= 0.3 is 12.4 Å². The lowest BCUT2D eigenvalue weighted by molar-refractivity contribution is -0.286. The number of carbonyl (C=O) groups is 3. The van der Waals surface area contributed by atoms with Gasteiger partial charge in [-0.25, -0.2) is 15.2 Å². The van der Waals surface area contributed by atoms with Crippen LogP contribution in [-0.2, 0) is 9.53 Å². The number of alkyl halides is 2. The summed E-state index contributed by atoms with van der Waals surface area (Å²) >= 11 is 0. The van der Waals surface area contributed by atoms with Crippen LogP contribution in [0.2, 0.25) is 0 Å². The maximum Gasteiger partial charge on any atom is 0.586 e. The number of carbonyl (C=O) groups excluding carboxylic acids is 3. The standard InChI is InChI=1S/C26H31F2N3O6/c1-24(2,3)15-21(32)31(29-23(34)37-25(4,5)6)18-10-8-9-16(13-18)22(33)30(7)17-11-12-19-20(14-17)36-26(27,28)35-19/h8-14H,15H2,1-7H3,(H,29,34). The molecule has 3 rings (SSSR count). The van der Waals surface area contributed by atoms with Gasteiger partial charge in [-0.1, -0.05) is 26.8 Å². The molecule has 0 aliphatic carbocycles. The fourth-order valence-electron chi connectivity index (χ4n) is 3.43. The van der Waals surface area contributed by atoms with Gasteiger partial charge in [0.1, 0.15) is 5.60 Å². The zero-order valence-corrected chi connectivity index (χ0v) is 21.8. The van der Waals surface area contributed by atoms with Crippen LogP contribution >= 0.6 is 0 Å². The number of hydrogen-bond acceptors (Lipinski definition) is 6. The Morgan fingerprint density at radius 2 is 1.59 bits per heavy atom. The molecule has 0 fully saturated rings. The molecule has 0 saturated heterocycles. The summed E-state index contributed by atoms with van der Waals surface area (Å²) in [6.07, 6.45) is -4.51. The monoisotopic (exact) mass is 519 g/mol. The first-order chi connectivity index (χ1) is 16.9. The summed E-state index contributed by atoms with van der Waals surface area (Å²) in [4.78, 5) is 40.1. The Morgan fingerprint density at radius 3 is 2.22 bits per heavy atom. The molecule has 0 unspecified atom stereocenters.